The van der Waals surface area contributed by atoms with E-state index in [0.29, 0.717) is 5.75 Å². The van der Waals surface area contributed by atoms with Crippen LogP contribution in [-0.2, 0) is 4.79 Å². The number of ether oxygens (including phenoxy) is 1. The van der Waals surface area contributed by atoms with Gasteiger partial charge in [-0.3, -0.25) is 4.79 Å². The second-order valence-corrected chi connectivity index (χ2v) is 3.82. The maximum absolute atomic E-state index is 11.6. The Labute approximate surface area is 107 Å². The van der Waals surface area contributed by atoms with E-state index in [1.54, 1.807) is 0 Å². The SMILES string of the molecule is COc1cc(Cl)c(C(=O)/C=C/C(=O)O)cc1Cl. The van der Waals surface area contributed by atoms with Gasteiger partial charge in [0.15, 0.2) is 5.78 Å². The van der Waals surface area contributed by atoms with Gasteiger partial charge in [-0.15, -0.1) is 0 Å². The van der Waals surface area contributed by atoms with Crippen molar-refractivity contribution < 1.29 is 19.4 Å². The highest BCUT2D eigenvalue weighted by atomic mass is 35.5. The van der Waals surface area contributed by atoms with E-state index in [-0.39, 0.29) is 15.6 Å². The van der Waals surface area contributed by atoms with Crippen molar-refractivity contribution in [1.29, 1.82) is 0 Å². The van der Waals surface area contributed by atoms with E-state index in [9.17, 15) is 9.59 Å². The van der Waals surface area contributed by atoms with E-state index in [1.165, 1.54) is 19.2 Å². The Morgan fingerprint density at radius 2 is 1.88 bits per heavy atom. The normalized spacial score (nSPS) is 10.5. The summed E-state index contributed by atoms with van der Waals surface area (Å²) in [6.07, 6.45) is 1.64. The lowest BCUT2D eigenvalue weighted by Crippen LogP contribution is -1.99. The quantitative estimate of drug-likeness (QED) is 0.677. The lowest BCUT2D eigenvalue weighted by molar-refractivity contribution is -0.131. The van der Waals surface area contributed by atoms with Crippen molar-refractivity contribution in [1.82, 2.24) is 0 Å². The number of rotatable bonds is 4. The van der Waals surface area contributed by atoms with Crippen LogP contribution in [0.5, 0.6) is 5.75 Å². The van der Waals surface area contributed by atoms with E-state index in [1.807, 2.05) is 0 Å². The molecule has 0 aliphatic heterocycles. The number of ketones is 1. The van der Waals surface area contributed by atoms with Crippen LogP contribution in [0.1, 0.15) is 10.4 Å². The zero-order valence-corrected chi connectivity index (χ0v) is 10.2. The van der Waals surface area contributed by atoms with Crippen LogP contribution in [-0.4, -0.2) is 24.0 Å². The van der Waals surface area contributed by atoms with Gasteiger partial charge in [-0.1, -0.05) is 23.2 Å². The summed E-state index contributed by atoms with van der Waals surface area (Å²) in [6.45, 7) is 0. The summed E-state index contributed by atoms with van der Waals surface area (Å²) in [5.41, 5.74) is 0.120. The van der Waals surface area contributed by atoms with E-state index in [0.717, 1.165) is 12.2 Å². The van der Waals surface area contributed by atoms with Crippen LogP contribution in [0.25, 0.3) is 0 Å². The largest absolute Gasteiger partial charge is 0.495 e. The monoisotopic (exact) mass is 274 g/mol. The third kappa shape index (κ3) is 3.47. The molecule has 0 aliphatic rings. The molecule has 0 amide bonds. The highest BCUT2D eigenvalue weighted by molar-refractivity contribution is 6.37. The highest BCUT2D eigenvalue weighted by Gasteiger charge is 2.12. The Hall–Kier alpha value is -1.52. The summed E-state index contributed by atoms with van der Waals surface area (Å²) in [5.74, 6) is -1.41. The number of hydrogen-bond acceptors (Lipinski definition) is 3. The van der Waals surface area contributed by atoms with Crippen LogP contribution in [0.15, 0.2) is 24.3 Å². The fourth-order valence-electron chi connectivity index (χ4n) is 1.11. The number of carboxylic acids is 1. The topological polar surface area (TPSA) is 63.6 Å². The smallest absolute Gasteiger partial charge is 0.328 e. The first-order valence-corrected chi connectivity index (χ1v) is 5.19. The minimum absolute atomic E-state index is 0.120. The lowest BCUT2D eigenvalue weighted by Gasteiger charge is -2.06. The first-order chi connectivity index (χ1) is 7.95. The van der Waals surface area contributed by atoms with Gasteiger partial charge in [-0.25, -0.2) is 4.79 Å². The zero-order valence-electron chi connectivity index (χ0n) is 8.74. The zero-order chi connectivity index (χ0) is 13.0. The van der Waals surface area contributed by atoms with E-state index in [4.69, 9.17) is 33.0 Å². The van der Waals surface area contributed by atoms with Crippen LogP contribution >= 0.6 is 23.2 Å². The second-order valence-electron chi connectivity index (χ2n) is 3.00. The Kier molecular flexibility index (Phi) is 4.54. The van der Waals surface area contributed by atoms with E-state index >= 15 is 0 Å². The van der Waals surface area contributed by atoms with Crippen molar-refractivity contribution >= 4 is 35.0 Å². The molecular formula is C11H8Cl2O4. The third-order valence-corrected chi connectivity index (χ3v) is 2.49. The van der Waals surface area contributed by atoms with Crippen molar-refractivity contribution in [2.75, 3.05) is 7.11 Å². The molecule has 0 atom stereocenters. The standard InChI is InChI=1S/C11H8Cl2O4/c1-17-10-5-7(12)6(4-8(10)13)9(14)2-3-11(15)16/h2-5H,1H3,(H,15,16)/b3-2+. The summed E-state index contributed by atoms with van der Waals surface area (Å²) in [4.78, 5) is 21.9. The Morgan fingerprint density at radius 3 is 2.41 bits per heavy atom. The maximum Gasteiger partial charge on any atom is 0.328 e. The molecule has 0 saturated carbocycles. The molecule has 0 aromatic heterocycles. The average Bonchev–Trinajstić information content (AvgIpc) is 2.28. The van der Waals surface area contributed by atoms with Gasteiger partial charge in [-0.05, 0) is 12.1 Å². The molecule has 0 bridgehead atoms. The molecule has 0 aliphatic carbocycles. The van der Waals surface area contributed by atoms with Crippen molar-refractivity contribution in [2.24, 2.45) is 0 Å². The van der Waals surface area contributed by atoms with Gasteiger partial charge in [-0.2, -0.15) is 0 Å². The molecule has 0 heterocycles. The van der Waals surface area contributed by atoms with E-state index < -0.39 is 11.8 Å². The summed E-state index contributed by atoms with van der Waals surface area (Å²) in [5, 5.41) is 8.77. The molecule has 0 unspecified atom stereocenters. The predicted octanol–water partition coefficient (Wildman–Crippen LogP) is 2.83. The molecule has 6 heteroatoms. The lowest BCUT2D eigenvalue weighted by atomic mass is 10.1. The molecule has 0 radical (unpaired) electrons. The van der Waals surface area contributed by atoms with Gasteiger partial charge in [0.2, 0.25) is 0 Å². The summed E-state index contributed by atoms with van der Waals surface area (Å²) < 4.78 is 4.92. The number of benzene rings is 1. The third-order valence-electron chi connectivity index (χ3n) is 1.88. The molecule has 0 saturated heterocycles. The van der Waals surface area contributed by atoms with Gasteiger partial charge >= 0.3 is 5.97 Å². The fraction of sp³-hybridized carbons (Fsp3) is 0.0909. The molecule has 1 N–H and O–H groups in total. The number of carbonyl (C=O) groups excluding carboxylic acids is 1. The van der Waals surface area contributed by atoms with Crippen LogP contribution in [0.3, 0.4) is 0 Å². The van der Waals surface area contributed by atoms with Crippen molar-refractivity contribution in [2.45, 2.75) is 0 Å². The molecule has 1 aromatic rings. The Bertz CT molecular complexity index is 494. The number of methoxy groups -OCH3 is 1. The highest BCUT2D eigenvalue weighted by Crippen LogP contribution is 2.31. The second kappa shape index (κ2) is 5.70. The number of halogens is 2. The van der Waals surface area contributed by atoms with Crippen LogP contribution in [0, 0.1) is 0 Å². The summed E-state index contributed by atoms with van der Waals surface area (Å²) in [7, 11) is 1.42. The minimum Gasteiger partial charge on any atom is -0.495 e. The van der Waals surface area contributed by atoms with Crippen LogP contribution < -0.4 is 4.74 Å². The van der Waals surface area contributed by atoms with Crippen molar-refractivity contribution in [3.63, 3.8) is 0 Å². The van der Waals surface area contributed by atoms with Crippen molar-refractivity contribution in [3.8, 4) is 5.75 Å². The van der Waals surface area contributed by atoms with Crippen LogP contribution in [0.4, 0.5) is 0 Å². The molecule has 90 valence electrons. The first-order valence-electron chi connectivity index (χ1n) is 4.44. The number of allylic oxidation sites excluding steroid dienone is 1. The molecule has 17 heavy (non-hydrogen) atoms. The van der Waals surface area contributed by atoms with Gasteiger partial charge in [0, 0.05) is 17.7 Å². The number of aliphatic carboxylic acids is 1. The predicted molar refractivity (Wildman–Crippen MR) is 64.1 cm³/mol. The maximum atomic E-state index is 11.6. The molecular weight excluding hydrogens is 267 g/mol. The number of hydrogen-bond donors (Lipinski definition) is 1. The average molecular weight is 275 g/mol. The number of carboxylic acid groups (broad SMARTS) is 1. The minimum atomic E-state index is -1.21. The first kappa shape index (κ1) is 13.5. The molecule has 1 aromatic carbocycles. The van der Waals surface area contributed by atoms with Crippen LogP contribution in [0.2, 0.25) is 10.0 Å². The van der Waals surface area contributed by atoms with Gasteiger partial charge < -0.3 is 9.84 Å². The summed E-state index contributed by atoms with van der Waals surface area (Å²) >= 11 is 11.7. The van der Waals surface area contributed by atoms with Gasteiger partial charge in [0.25, 0.3) is 0 Å². The molecule has 4 nitrogen and oxygen atoms in total. The van der Waals surface area contributed by atoms with Gasteiger partial charge in [0.1, 0.15) is 5.75 Å². The molecule has 1 rings (SSSR count). The van der Waals surface area contributed by atoms with E-state index in [2.05, 4.69) is 0 Å². The fourth-order valence-corrected chi connectivity index (χ4v) is 1.60. The molecule has 0 fully saturated rings. The Balaban J connectivity index is 3.11. The Morgan fingerprint density at radius 1 is 1.24 bits per heavy atom. The molecule has 0 spiro atoms. The van der Waals surface area contributed by atoms with Gasteiger partial charge in [0.05, 0.1) is 17.2 Å². The number of carbonyl (C=O) groups is 2. The van der Waals surface area contributed by atoms with Crippen molar-refractivity contribution in [3.05, 3.63) is 39.9 Å². The summed E-state index contributed by atoms with van der Waals surface area (Å²) in [6, 6.07) is 2.73.